The van der Waals surface area contributed by atoms with Crippen molar-refractivity contribution in [3.8, 4) is 0 Å². The highest BCUT2D eigenvalue weighted by molar-refractivity contribution is 5.95. The van der Waals surface area contributed by atoms with Crippen molar-refractivity contribution >= 4 is 17.7 Å². The summed E-state index contributed by atoms with van der Waals surface area (Å²) in [5.41, 5.74) is 2.14. The lowest BCUT2D eigenvalue weighted by Gasteiger charge is -2.36. The Labute approximate surface area is 199 Å². The van der Waals surface area contributed by atoms with Gasteiger partial charge in [-0.05, 0) is 69.0 Å². The molecule has 1 aliphatic heterocycles. The van der Waals surface area contributed by atoms with Crippen LogP contribution in [-0.2, 0) is 4.79 Å². The van der Waals surface area contributed by atoms with Crippen LogP contribution in [0.3, 0.4) is 0 Å². The third-order valence-corrected chi connectivity index (χ3v) is 6.89. The van der Waals surface area contributed by atoms with Crippen molar-refractivity contribution in [2.24, 2.45) is 5.92 Å². The summed E-state index contributed by atoms with van der Waals surface area (Å²) in [6.45, 7) is 3.03. The lowest BCUT2D eigenvalue weighted by molar-refractivity contribution is -0.127. The largest absolute Gasteiger partial charge is 0.351 e. The van der Waals surface area contributed by atoms with E-state index in [0.717, 1.165) is 44.1 Å². The van der Waals surface area contributed by atoms with Crippen LogP contribution in [0, 0.1) is 18.7 Å². The summed E-state index contributed by atoms with van der Waals surface area (Å²) in [6, 6.07) is 12.6. The predicted octanol–water partition coefficient (Wildman–Crippen LogP) is 3.84. The summed E-state index contributed by atoms with van der Waals surface area (Å²) in [4.78, 5) is 40.5. The van der Waals surface area contributed by atoms with Gasteiger partial charge >= 0.3 is 0 Å². The molecule has 3 amide bonds. The second-order valence-corrected chi connectivity index (χ2v) is 9.44. The first-order valence-corrected chi connectivity index (χ1v) is 12.1. The maximum Gasteiger partial charge on any atom is 0.253 e. The van der Waals surface area contributed by atoms with Crippen molar-refractivity contribution in [2.45, 2.75) is 57.5 Å². The zero-order valence-corrected chi connectivity index (χ0v) is 19.6. The molecular formula is C27H32FN3O3. The average molecular weight is 466 g/mol. The fourth-order valence-corrected chi connectivity index (χ4v) is 4.88. The number of benzene rings is 2. The van der Waals surface area contributed by atoms with Crippen LogP contribution >= 0.6 is 0 Å². The molecule has 4 rings (SSSR count). The van der Waals surface area contributed by atoms with E-state index in [-0.39, 0.29) is 41.5 Å². The monoisotopic (exact) mass is 465 g/mol. The van der Waals surface area contributed by atoms with E-state index < -0.39 is 0 Å². The van der Waals surface area contributed by atoms with Crippen LogP contribution < -0.4 is 10.6 Å². The van der Waals surface area contributed by atoms with Gasteiger partial charge in [-0.25, -0.2) is 4.39 Å². The highest BCUT2D eigenvalue weighted by Gasteiger charge is 2.33. The second-order valence-electron chi connectivity index (χ2n) is 9.44. The minimum absolute atomic E-state index is 0.0420. The number of nitrogens with zero attached hydrogens (tertiary/aromatic N) is 1. The summed E-state index contributed by atoms with van der Waals surface area (Å²) in [7, 11) is 0. The fraction of sp³-hybridized carbons (Fsp3) is 0.444. The molecule has 7 heteroatoms. The van der Waals surface area contributed by atoms with Gasteiger partial charge in [0.15, 0.2) is 0 Å². The second kappa shape index (κ2) is 10.8. The number of piperidine rings is 1. The van der Waals surface area contributed by atoms with E-state index in [4.69, 9.17) is 0 Å². The van der Waals surface area contributed by atoms with E-state index in [9.17, 15) is 18.8 Å². The molecule has 3 atom stereocenters. The molecule has 180 valence electrons. The molecule has 0 aromatic heterocycles. The van der Waals surface area contributed by atoms with E-state index in [1.54, 1.807) is 4.90 Å². The van der Waals surface area contributed by atoms with Gasteiger partial charge in [-0.15, -0.1) is 0 Å². The first kappa shape index (κ1) is 23.9. The maximum absolute atomic E-state index is 13.2. The van der Waals surface area contributed by atoms with Gasteiger partial charge in [-0.1, -0.05) is 30.5 Å². The Morgan fingerprint density at radius 3 is 2.12 bits per heavy atom. The van der Waals surface area contributed by atoms with Crippen molar-refractivity contribution in [3.05, 3.63) is 71.0 Å². The van der Waals surface area contributed by atoms with Crippen LogP contribution in [0.15, 0.2) is 48.5 Å². The molecule has 0 unspecified atom stereocenters. The van der Waals surface area contributed by atoms with E-state index >= 15 is 0 Å². The number of halogens is 1. The van der Waals surface area contributed by atoms with Crippen molar-refractivity contribution in [2.75, 3.05) is 13.1 Å². The van der Waals surface area contributed by atoms with Gasteiger partial charge in [0, 0.05) is 36.3 Å². The first-order valence-electron chi connectivity index (χ1n) is 12.1. The molecular weight excluding hydrogens is 433 g/mol. The molecule has 6 nitrogen and oxygen atoms in total. The minimum atomic E-state index is -0.387. The zero-order valence-electron chi connectivity index (χ0n) is 19.6. The predicted molar refractivity (Wildman–Crippen MR) is 128 cm³/mol. The number of rotatable bonds is 5. The molecule has 1 saturated carbocycles. The average Bonchev–Trinajstić information content (AvgIpc) is 2.85. The number of hydrogen-bond donors (Lipinski definition) is 2. The Kier molecular flexibility index (Phi) is 7.60. The topological polar surface area (TPSA) is 78.5 Å². The smallest absolute Gasteiger partial charge is 0.253 e. The highest BCUT2D eigenvalue weighted by atomic mass is 19.1. The van der Waals surface area contributed by atoms with Gasteiger partial charge < -0.3 is 15.5 Å². The number of hydrogen-bond acceptors (Lipinski definition) is 3. The molecule has 2 aliphatic rings. The van der Waals surface area contributed by atoms with Crippen LogP contribution in [-0.4, -0.2) is 47.8 Å². The molecule has 1 saturated heterocycles. The van der Waals surface area contributed by atoms with Crippen LogP contribution in [0.25, 0.3) is 0 Å². The first-order chi connectivity index (χ1) is 16.4. The number of nitrogens with one attached hydrogen (secondary N) is 2. The molecule has 2 N–H and O–H groups in total. The lowest BCUT2D eigenvalue weighted by Crippen LogP contribution is -2.55. The van der Waals surface area contributed by atoms with Crippen LogP contribution in [0.1, 0.15) is 64.8 Å². The Hall–Kier alpha value is -3.22. The van der Waals surface area contributed by atoms with Crippen LogP contribution in [0.4, 0.5) is 4.39 Å². The van der Waals surface area contributed by atoms with Crippen molar-refractivity contribution < 1.29 is 18.8 Å². The number of carbonyl (C=O) groups is 3. The van der Waals surface area contributed by atoms with E-state index in [1.165, 1.54) is 24.3 Å². The van der Waals surface area contributed by atoms with Crippen molar-refractivity contribution in [1.82, 2.24) is 15.5 Å². The molecule has 1 aliphatic carbocycles. The summed E-state index contributed by atoms with van der Waals surface area (Å²) in [6.07, 6.45) is 5.05. The number of amides is 3. The third-order valence-electron chi connectivity index (χ3n) is 6.89. The third kappa shape index (κ3) is 5.82. The Morgan fingerprint density at radius 2 is 1.44 bits per heavy atom. The molecule has 2 fully saturated rings. The molecule has 0 bridgehead atoms. The van der Waals surface area contributed by atoms with E-state index in [2.05, 4.69) is 10.6 Å². The van der Waals surface area contributed by atoms with Gasteiger partial charge in [-0.2, -0.15) is 0 Å². The standard InChI is InChI=1S/C27H32FN3O3/c1-18-8-10-20(11-9-18)27(34)31-16-4-5-21(17-31)26(33)30-24-7-3-2-6-23(24)29-25(32)19-12-14-22(28)15-13-19/h8-15,21,23-24H,2-7,16-17H2,1H3,(H,29,32)(H,30,33)/t21-,23+,24+/m0/s1. The van der Waals surface area contributed by atoms with Crippen LogP contribution in [0.5, 0.6) is 0 Å². The minimum Gasteiger partial charge on any atom is -0.351 e. The molecule has 0 spiro atoms. The summed E-state index contributed by atoms with van der Waals surface area (Å²) in [5.74, 6) is -1.02. The summed E-state index contributed by atoms with van der Waals surface area (Å²) in [5, 5.41) is 6.19. The van der Waals surface area contributed by atoms with Gasteiger partial charge in [0.1, 0.15) is 5.82 Å². The lowest BCUT2D eigenvalue weighted by atomic mass is 9.88. The Balaban J connectivity index is 1.36. The molecule has 1 heterocycles. The zero-order chi connectivity index (χ0) is 24.1. The summed E-state index contributed by atoms with van der Waals surface area (Å²) < 4.78 is 13.2. The molecule has 34 heavy (non-hydrogen) atoms. The van der Waals surface area contributed by atoms with Gasteiger partial charge in [0.25, 0.3) is 11.8 Å². The summed E-state index contributed by atoms with van der Waals surface area (Å²) >= 11 is 0. The number of likely N-dealkylation sites (tertiary alicyclic amines) is 1. The molecule has 2 aromatic rings. The SMILES string of the molecule is Cc1ccc(C(=O)N2CCC[C@H](C(=O)N[C@@H]3CCCC[C@H]3NC(=O)c3ccc(F)cc3)C2)cc1. The van der Waals surface area contributed by atoms with E-state index in [0.29, 0.717) is 24.2 Å². The van der Waals surface area contributed by atoms with Crippen LogP contribution in [0.2, 0.25) is 0 Å². The highest BCUT2D eigenvalue weighted by Crippen LogP contribution is 2.23. The quantitative estimate of drug-likeness (QED) is 0.704. The van der Waals surface area contributed by atoms with Gasteiger partial charge in [-0.3, -0.25) is 14.4 Å². The Bertz CT molecular complexity index is 1020. The van der Waals surface area contributed by atoms with Crippen molar-refractivity contribution in [1.29, 1.82) is 0 Å². The van der Waals surface area contributed by atoms with Crippen molar-refractivity contribution in [3.63, 3.8) is 0 Å². The van der Waals surface area contributed by atoms with Gasteiger partial charge in [0.05, 0.1) is 5.92 Å². The molecule has 2 aromatic carbocycles. The van der Waals surface area contributed by atoms with Gasteiger partial charge in [0.2, 0.25) is 5.91 Å². The fourth-order valence-electron chi connectivity index (χ4n) is 4.88. The normalized spacial score (nSPS) is 22.6. The number of aryl methyl sites for hydroxylation is 1. The molecule has 0 radical (unpaired) electrons. The Morgan fingerprint density at radius 1 is 0.824 bits per heavy atom. The maximum atomic E-state index is 13.2. The van der Waals surface area contributed by atoms with E-state index in [1.807, 2.05) is 31.2 Å². The number of carbonyl (C=O) groups excluding carboxylic acids is 3.